The zero-order valence-electron chi connectivity index (χ0n) is 18.8. The van der Waals surface area contributed by atoms with Crippen LogP contribution in [-0.2, 0) is 15.2 Å². The van der Waals surface area contributed by atoms with E-state index in [1.165, 1.54) is 23.1 Å². The molecule has 2 heterocycles. The summed E-state index contributed by atoms with van der Waals surface area (Å²) in [5.41, 5.74) is -1.20. The number of rotatable bonds is 7. The number of nitro groups is 1. The molecule has 2 N–H and O–H groups in total. The van der Waals surface area contributed by atoms with Crippen molar-refractivity contribution in [2.24, 2.45) is 5.92 Å². The van der Waals surface area contributed by atoms with Crippen LogP contribution in [-0.4, -0.2) is 51.0 Å². The van der Waals surface area contributed by atoms with Crippen LogP contribution in [0.5, 0.6) is 0 Å². The van der Waals surface area contributed by atoms with Gasteiger partial charge in [0.2, 0.25) is 5.91 Å². The van der Waals surface area contributed by atoms with Crippen LogP contribution in [0.3, 0.4) is 0 Å². The second-order valence-electron chi connectivity index (χ2n) is 8.69. The van der Waals surface area contributed by atoms with Crippen LogP contribution in [0.15, 0.2) is 60.7 Å². The predicted molar refractivity (Wildman–Crippen MR) is 125 cm³/mol. The predicted octanol–water partition coefficient (Wildman–Crippen LogP) is 3.03. The lowest BCUT2D eigenvalue weighted by Gasteiger charge is -2.27. The molecule has 0 bridgehead atoms. The highest BCUT2D eigenvalue weighted by Gasteiger charge is 2.53. The second kappa shape index (κ2) is 9.36. The first-order valence-corrected chi connectivity index (χ1v) is 11.3. The Kier molecular flexibility index (Phi) is 6.49. The van der Waals surface area contributed by atoms with E-state index in [9.17, 15) is 29.9 Å². The summed E-state index contributed by atoms with van der Waals surface area (Å²) in [4.78, 5) is 40.0. The van der Waals surface area contributed by atoms with Crippen molar-refractivity contribution in [3.05, 3.63) is 76.4 Å². The first-order valence-electron chi connectivity index (χ1n) is 11.3. The van der Waals surface area contributed by atoms with Gasteiger partial charge in [-0.3, -0.25) is 24.6 Å². The average Bonchev–Trinajstić information content (AvgIpc) is 3.41. The molecule has 2 amide bonds. The number of aliphatic hydroxyl groups excluding tert-OH is 1. The number of hydrogen-bond acceptors (Lipinski definition) is 6. The molecule has 0 radical (unpaired) electrons. The van der Waals surface area contributed by atoms with Crippen LogP contribution in [0.2, 0.25) is 0 Å². The molecular weight excluding hydrogens is 438 g/mol. The number of nitrogens with zero attached hydrogens (tertiary/aromatic N) is 3. The van der Waals surface area contributed by atoms with Gasteiger partial charge in [-0.05, 0) is 31.0 Å². The maximum absolute atomic E-state index is 13.6. The van der Waals surface area contributed by atoms with Crippen molar-refractivity contribution in [2.75, 3.05) is 18.1 Å². The smallest absolute Gasteiger partial charge is 0.269 e. The number of nitro benzene ring substituents is 1. The second-order valence-corrected chi connectivity index (χ2v) is 8.69. The molecule has 0 saturated carbocycles. The van der Waals surface area contributed by atoms with Crippen molar-refractivity contribution < 1.29 is 24.7 Å². The Balaban J connectivity index is 1.64. The molecule has 2 aromatic carbocycles. The van der Waals surface area contributed by atoms with Gasteiger partial charge in [-0.25, -0.2) is 0 Å². The maximum atomic E-state index is 13.6. The molecule has 3 atom stereocenters. The molecule has 4 rings (SSSR count). The van der Waals surface area contributed by atoms with Gasteiger partial charge in [0.25, 0.3) is 11.6 Å². The van der Waals surface area contributed by atoms with Crippen LogP contribution in [0.25, 0.3) is 0 Å². The van der Waals surface area contributed by atoms with Crippen LogP contribution in [0.1, 0.15) is 31.7 Å². The SMILES string of the molecule is C[C@@H](/C=C/CC(=O)N1CCC[C@H]1CO)[C@]1(O)C(=O)N(c2ccccc2)c2ccc([N+](=O)[O-])cc21. The molecule has 9 nitrogen and oxygen atoms in total. The number of aliphatic hydroxyl groups is 2. The number of carbonyl (C=O) groups is 2. The third-order valence-corrected chi connectivity index (χ3v) is 6.67. The number of fused-ring (bicyclic) bond motifs is 1. The number of para-hydroxylation sites is 1. The molecule has 178 valence electrons. The largest absolute Gasteiger partial charge is 0.394 e. The Morgan fingerprint density at radius 3 is 2.71 bits per heavy atom. The van der Waals surface area contributed by atoms with Crippen molar-refractivity contribution >= 4 is 28.9 Å². The van der Waals surface area contributed by atoms with Crippen LogP contribution < -0.4 is 4.90 Å². The van der Waals surface area contributed by atoms with Gasteiger partial charge in [-0.1, -0.05) is 37.3 Å². The van der Waals surface area contributed by atoms with Gasteiger partial charge in [-0.2, -0.15) is 0 Å². The van der Waals surface area contributed by atoms with Gasteiger partial charge in [0.15, 0.2) is 5.60 Å². The minimum Gasteiger partial charge on any atom is -0.394 e. The van der Waals surface area contributed by atoms with E-state index in [0.717, 1.165) is 12.8 Å². The number of carbonyl (C=O) groups excluding carboxylic acids is 2. The van der Waals surface area contributed by atoms with Gasteiger partial charge in [0.05, 0.1) is 23.3 Å². The fourth-order valence-corrected chi connectivity index (χ4v) is 4.79. The number of benzene rings is 2. The van der Waals surface area contributed by atoms with E-state index in [1.807, 2.05) is 0 Å². The van der Waals surface area contributed by atoms with E-state index in [4.69, 9.17) is 0 Å². The fourth-order valence-electron chi connectivity index (χ4n) is 4.79. The Morgan fingerprint density at radius 1 is 1.29 bits per heavy atom. The van der Waals surface area contributed by atoms with E-state index in [2.05, 4.69) is 0 Å². The lowest BCUT2D eigenvalue weighted by molar-refractivity contribution is -0.385. The molecule has 2 aliphatic rings. The Labute approximate surface area is 197 Å². The quantitative estimate of drug-likeness (QED) is 0.368. The lowest BCUT2D eigenvalue weighted by Crippen LogP contribution is -2.42. The number of amides is 2. The summed E-state index contributed by atoms with van der Waals surface area (Å²) >= 11 is 0. The minimum absolute atomic E-state index is 0.0648. The molecule has 9 heteroatoms. The summed E-state index contributed by atoms with van der Waals surface area (Å²) in [6.45, 7) is 2.16. The van der Waals surface area contributed by atoms with E-state index >= 15 is 0 Å². The highest BCUT2D eigenvalue weighted by molar-refractivity contribution is 6.12. The van der Waals surface area contributed by atoms with Gasteiger partial charge < -0.3 is 15.1 Å². The van der Waals surface area contributed by atoms with Gasteiger partial charge in [-0.15, -0.1) is 0 Å². The molecule has 0 spiro atoms. The molecule has 2 aromatic rings. The lowest BCUT2D eigenvalue weighted by atomic mass is 9.82. The van der Waals surface area contributed by atoms with E-state index in [-0.39, 0.29) is 36.2 Å². The normalized spacial score (nSPS) is 22.9. The number of hydrogen-bond donors (Lipinski definition) is 2. The summed E-state index contributed by atoms with van der Waals surface area (Å²) in [5.74, 6) is -1.52. The molecule has 0 unspecified atom stereocenters. The monoisotopic (exact) mass is 465 g/mol. The summed E-state index contributed by atoms with van der Waals surface area (Å²) < 4.78 is 0. The molecular formula is C25H27N3O6. The van der Waals surface area contributed by atoms with Crippen LogP contribution >= 0.6 is 0 Å². The molecule has 2 aliphatic heterocycles. The number of likely N-dealkylation sites (tertiary alicyclic amines) is 1. The zero-order valence-corrected chi connectivity index (χ0v) is 18.8. The number of non-ortho nitro benzene ring substituents is 1. The van der Waals surface area contributed by atoms with Crippen molar-refractivity contribution in [1.29, 1.82) is 0 Å². The fraction of sp³-hybridized carbons (Fsp3) is 0.360. The summed E-state index contributed by atoms with van der Waals surface area (Å²) in [6.07, 6.45) is 4.87. The van der Waals surface area contributed by atoms with E-state index in [1.54, 1.807) is 54.3 Å². The summed E-state index contributed by atoms with van der Waals surface area (Å²) in [7, 11) is 0. The van der Waals surface area contributed by atoms with Gasteiger partial charge in [0, 0.05) is 42.3 Å². The van der Waals surface area contributed by atoms with Crippen LogP contribution in [0, 0.1) is 16.0 Å². The van der Waals surface area contributed by atoms with Crippen molar-refractivity contribution in [3.63, 3.8) is 0 Å². The van der Waals surface area contributed by atoms with Crippen molar-refractivity contribution in [3.8, 4) is 0 Å². The third kappa shape index (κ3) is 3.97. The maximum Gasteiger partial charge on any atom is 0.269 e. The van der Waals surface area contributed by atoms with Gasteiger partial charge in [0.1, 0.15) is 0 Å². The zero-order chi connectivity index (χ0) is 24.5. The van der Waals surface area contributed by atoms with E-state index < -0.39 is 22.3 Å². The number of anilines is 2. The third-order valence-electron chi connectivity index (χ3n) is 6.67. The standard InChI is InChI=1S/C25H27N3O6/c1-17(7-5-11-23(30)26-14-6-10-20(26)16-29)25(32)21-15-19(28(33)34)12-13-22(21)27(24(25)31)18-8-3-2-4-9-18/h2-5,7-9,12-13,15,17,20,29,32H,6,10-11,14,16H2,1H3/b7-5+/t17-,20-,25+/m0/s1. The van der Waals surface area contributed by atoms with E-state index in [0.29, 0.717) is 17.9 Å². The van der Waals surface area contributed by atoms with Gasteiger partial charge >= 0.3 is 0 Å². The topological polar surface area (TPSA) is 124 Å². The van der Waals surface area contributed by atoms with Crippen LogP contribution in [0.4, 0.5) is 17.1 Å². The molecule has 0 aromatic heterocycles. The Morgan fingerprint density at radius 2 is 2.03 bits per heavy atom. The van der Waals surface area contributed by atoms with Crippen molar-refractivity contribution in [2.45, 2.75) is 37.8 Å². The summed E-state index contributed by atoms with van der Waals surface area (Å²) in [6, 6.07) is 12.6. The first kappa shape index (κ1) is 23.6. The minimum atomic E-state index is -2.04. The molecule has 34 heavy (non-hydrogen) atoms. The highest BCUT2D eigenvalue weighted by atomic mass is 16.6. The Hall–Kier alpha value is -3.56. The summed E-state index contributed by atoms with van der Waals surface area (Å²) in [5, 5.41) is 32.5. The molecule has 0 aliphatic carbocycles. The average molecular weight is 466 g/mol. The highest BCUT2D eigenvalue weighted by Crippen LogP contribution is 2.49. The molecule has 1 fully saturated rings. The Bertz CT molecular complexity index is 1130. The molecule has 1 saturated heterocycles. The first-order chi connectivity index (χ1) is 16.3. The van der Waals surface area contributed by atoms with Crippen molar-refractivity contribution in [1.82, 2.24) is 4.90 Å².